The Balaban J connectivity index is 1.54. The van der Waals surface area contributed by atoms with Crippen LogP contribution in [0.15, 0.2) is 89.0 Å². The zero-order valence-corrected chi connectivity index (χ0v) is 20.0. The van der Waals surface area contributed by atoms with Crippen LogP contribution in [0.25, 0.3) is 11.4 Å². The number of fused-ring (bicyclic) bond motifs is 3. The Morgan fingerprint density at radius 3 is 2.45 bits per heavy atom. The molecule has 0 radical (unpaired) electrons. The van der Waals surface area contributed by atoms with Crippen molar-refractivity contribution >= 4 is 37.7 Å². The summed E-state index contributed by atoms with van der Waals surface area (Å²) in [5, 5.41) is 8.49. The van der Waals surface area contributed by atoms with Gasteiger partial charge in [0.1, 0.15) is 10.6 Å². The van der Waals surface area contributed by atoms with Gasteiger partial charge in [0.15, 0.2) is 0 Å². The van der Waals surface area contributed by atoms with Crippen molar-refractivity contribution in [2.45, 2.75) is 18.4 Å². The fourth-order valence-electron chi connectivity index (χ4n) is 3.71. The maximum absolute atomic E-state index is 12.8. The smallest absolute Gasteiger partial charge is 0.339 e. The maximum Gasteiger partial charge on any atom is 0.339 e. The van der Waals surface area contributed by atoms with E-state index in [1.807, 2.05) is 46.7 Å². The average molecular weight is 523 g/mol. The van der Waals surface area contributed by atoms with Gasteiger partial charge in [0.25, 0.3) is 0 Å². The van der Waals surface area contributed by atoms with E-state index in [0.717, 1.165) is 22.4 Å². The van der Waals surface area contributed by atoms with Crippen LogP contribution in [-0.2, 0) is 16.7 Å². The molecule has 1 aliphatic rings. The first-order valence-corrected chi connectivity index (χ1v) is 12.3. The van der Waals surface area contributed by atoms with Crippen LogP contribution < -0.4 is 9.08 Å². The summed E-state index contributed by atoms with van der Waals surface area (Å²) in [5.41, 5.74) is 4.20. The Morgan fingerprint density at radius 1 is 1.00 bits per heavy atom. The van der Waals surface area contributed by atoms with Crippen LogP contribution in [0.3, 0.4) is 0 Å². The highest BCUT2D eigenvalue weighted by molar-refractivity contribution is 9.10. The van der Waals surface area contributed by atoms with E-state index in [0.29, 0.717) is 22.9 Å². The Morgan fingerprint density at radius 2 is 1.73 bits per heavy atom. The minimum absolute atomic E-state index is 0.0965. The van der Waals surface area contributed by atoms with Crippen LogP contribution in [0, 0.1) is 6.92 Å². The van der Waals surface area contributed by atoms with E-state index in [4.69, 9.17) is 4.18 Å². The van der Waals surface area contributed by atoms with Crippen LogP contribution in [-0.4, -0.2) is 23.2 Å². The SMILES string of the molecule is C=C1c2cc(OS(=O)(=O)c3ccc(C)cc3)ccc2-n2c(Br)nnc2N1Cc1ccccc1. The number of aromatic nitrogens is 3. The first-order valence-electron chi connectivity index (χ1n) is 10.1. The fourth-order valence-corrected chi connectivity index (χ4v) is 5.06. The average Bonchev–Trinajstić information content (AvgIpc) is 3.19. The summed E-state index contributed by atoms with van der Waals surface area (Å²) in [5.74, 6) is 0.812. The first kappa shape index (κ1) is 21.4. The first-order chi connectivity index (χ1) is 15.8. The van der Waals surface area contributed by atoms with Crippen molar-refractivity contribution < 1.29 is 12.6 Å². The molecule has 0 bridgehead atoms. The molecule has 0 unspecified atom stereocenters. The highest BCUT2D eigenvalue weighted by Crippen LogP contribution is 2.40. The normalized spacial score (nSPS) is 12.9. The zero-order valence-electron chi connectivity index (χ0n) is 17.6. The van der Waals surface area contributed by atoms with E-state index in [9.17, 15) is 8.42 Å². The summed E-state index contributed by atoms with van der Waals surface area (Å²) in [4.78, 5) is 2.03. The molecule has 7 nitrogen and oxygen atoms in total. The molecule has 0 N–H and O–H groups in total. The number of anilines is 1. The van der Waals surface area contributed by atoms with Gasteiger partial charge in [-0.15, -0.1) is 10.2 Å². The van der Waals surface area contributed by atoms with Crippen LogP contribution in [0.1, 0.15) is 16.7 Å². The molecule has 5 rings (SSSR count). The molecule has 0 saturated heterocycles. The molecule has 0 atom stereocenters. The zero-order chi connectivity index (χ0) is 23.2. The molecular weight excluding hydrogens is 504 g/mol. The van der Waals surface area contributed by atoms with E-state index in [1.165, 1.54) is 12.1 Å². The lowest BCUT2D eigenvalue weighted by atomic mass is 10.1. The van der Waals surface area contributed by atoms with Crippen molar-refractivity contribution in [3.05, 3.63) is 101 Å². The number of halogens is 1. The summed E-state index contributed by atoms with van der Waals surface area (Å²) in [6.07, 6.45) is 0. The van der Waals surface area contributed by atoms with Crippen molar-refractivity contribution in [1.82, 2.24) is 14.8 Å². The van der Waals surface area contributed by atoms with Gasteiger partial charge in [-0.1, -0.05) is 54.6 Å². The molecule has 3 aromatic carbocycles. The Labute approximate surface area is 200 Å². The number of benzene rings is 3. The molecule has 0 spiro atoms. The summed E-state index contributed by atoms with van der Waals surface area (Å²) >= 11 is 3.46. The van der Waals surface area contributed by atoms with Gasteiger partial charge in [-0.25, -0.2) is 0 Å². The highest BCUT2D eigenvalue weighted by atomic mass is 79.9. The minimum atomic E-state index is -3.98. The molecular formula is C24H19BrN4O3S. The Kier molecular flexibility index (Phi) is 5.30. The predicted molar refractivity (Wildman–Crippen MR) is 130 cm³/mol. The van der Waals surface area contributed by atoms with Gasteiger partial charge in [-0.05, 0) is 58.7 Å². The number of aryl methyl sites for hydroxylation is 1. The van der Waals surface area contributed by atoms with E-state index < -0.39 is 10.1 Å². The summed E-state index contributed by atoms with van der Waals surface area (Å²) in [7, 11) is -3.98. The number of hydrogen-bond acceptors (Lipinski definition) is 6. The topological polar surface area (TPSA) is 77.3 Å². The van der Waals surface area contributed by atoms with Crippen LogP contribution in [0.4, 0.5) is 5.95 Å². The molecule has 33 heavy (non-hydrogen) atoms. The lowest BCUT2D eigenvalue weighted by molar-refractivity contribution is 0.486. The molecule has 0 amide bonds. The molecule has 0 fully saturated rings. The third kappa shape index (κ3) is 3.94. The standard InChI is InChI=1S/C24H19BrN4O3S/c1-16-8-11-20(12-9-16)33(30,31)32-19-10-13-22-21(14-19)17(2)28(15-18-6-4-3-5-7-18)24-27-26-23(25)29(22)24/h3-14H,2,15H2,1H3. The second-order valence-electron chi connectivity index (χ2n) is 7.65. The molecule has 166 valence electrons. The molecule has 0 saturated carbocycles. The van der Waals surface area contributed by atoms with Gasteiger partial charge in [0.05, 0.1) is 12.2 Å². The lowest BCUT2D eigenvalue weighted by Crippen LogP contribution is -2.28. The van der Waals surface area contributed by atoms with Gasteiger partial charge in [-0.3, -0.25) is 4.57 Å². The largest absolute Gasteiger partial charge is 0.379 e. The van der Waals surface area contributed by atoms with Gasteiger partial charge in [0, 0.05) is 11.3 Å². The summed E-state index contributed by atoms with van der Waals surface area (Å²) in [6, 6.07) is 21.5. The second-order valence-corrected chi connectivity index (χ2v) is 9.91. The van der Waals surface area contributed by atoms with Gasteiger partial charge >= 0.3 is 10.1 Å². The van der Waals surface area contributed by atoms with Crippen LogP contribution >= 0.6 is 15.9 Å². The number of hydrogen-bond donors (Lipinski definition) is 0. The van der Waals surface area contributed by atoms with E-state index >= 15 is 0 Å². The van der Waals surface area contributed by atoms with Crippen molar-refractivity contribution in [2.24, 2.45) is 0 Å². The molecule has 0 aliphatic carbocycles. The van der Waals surface area contributed by atoms with E-state index in [-0.39, 0.29) is 10.6 Å². The third-order valence-electron chi connectivity index (χ3n) is 5.39. The summed E-state index contributed by atoms with van der Waals surface area (Å²) in [6.45, 7) is 6.69. The molecule has 9 heteroatoms. The van der Waals surface area contributed by atoms with Gasteiger partial charge in [-0.2, -0.15) is 8.42 Å². The number of rotatable bonds is 5. The van der Waals surface area contributed by atoms with E-state index in [1.54, 1.807) is 30.3 Å². The quantitative estimate of drug-likeness (QED) is 0.339. The predicted octanol–water partition coefficient (Wildman–Crippen LogP) is 5.10. The second kappa shape index (κ2) is 8.17. The minimum Gasteiger partial charge on any atom is -0.379 e. The number of nitrogens with zero attached hydrogens (tertiary/aromatic N) is 4. The molecule has 2 heterocycles. The van der Waals surface area contributed by atoms with Crippen molar-refractivity contribution in [1.29, 1.82) is 0 Å². The fraction of sp³-hybridized carbons (Fsp3) is 0.0833. The monoisotopic (exact) mass is 522 g/mol. The van der Waals surface area contributed by atoms with E-state index in [2.05, 4.69) is 32.7 Å². The van der Waals surface area contributed by atoms with Crippen LogP contribution in [0.5, 0.6) is 5.75 Å². The Bertz CT molecular complexity index is 1470. The third-order valence-corrected chi connectivity index (χ3v) is 7.17. The van der Waals surface area contributed by atoms with Gasteiger partial charge < -0.3 is 9.08 Å². The van der Waals surface area contributed by atoms with Crippen LogP contribution in [0.2, 0.25) is 0 Å². The molecule has 1 aliphatic heterocycles. The molecule has 1 aromatic heterocycles. The highest BCUT2D eigenvalue weighted by Gasteiger charge is 2.30. The van der Waals surface area contributed by atoms with Crippen molar-refractivity contribution in [3.63, 3.8) is 0 Å². The maximum atomic E-state index is 12.8. The van der Waals surface area contributed by atoms with Gasteiger partial charge in [0.2, 0.25) is 10.7 Å². The van der Waals surface area contributed by atoms with Crippen molar-refractivity contribution in [3.8, 4) is 11.4 Å². The summed E-state index contributed by atoms with van der Waals surface area (Å²) < 4.78 is 33.4. The lowest BCUT2D eigenvalue weighted by Gasteiger charge is -2.32. The molecule has 4 aromatic rings. The Hall–Kier alpha value is -3.43. The van der Waals surface area contributed by atoms with Crippen molar-refractivity contribution in [2.75, 3.05) is 4.90 Å².